The molecule has 0 amide bonds. The van der Waals surface area contributed by atoms with Crippen LogP contribution in [0.2, 0.25) is 0 Å². The summed E-state index contributed by atoms with van der Waals surface area (Å²) in [5, 5.41) is 3.54. The standard InChI is InChI=1S/C13H28N2/c1-13(2,3)14-10-7-11-15(4)12-8-5-6-9-12/h12,14H,5-11H2,1-4H3. The summed E-state index contributed by atoms with van der Waals surface area (Å²) in [6.07, 6.45) is 6.99. The Morgan fingerprint density at radius 2 is 1.80 bits per heavy atom. The first kappa shape index (κ1) is 13.0. The van der Waals surface area contributed by atoms with E-state index in [4.69, 9.17) is 0 Å². The van der Waals surface area contributed by atoms with Gasteiger partial charge in [0.15, 0.2) is 0 Å². The van der Waals surface area contributed by atoms with E-state index in [1.807, 2.05) is 0 Å². The van der Waals surface area contributed by atoms with Gasteiger partial charge in [-0.1, -0.05) is 12.8 Å². The Hall–Kier alpha value is -0.0800. The summed E-state index contributed by atoms with van der Waals surface area (Å²) < 4.78 is 0. The molecule has 1 saturated carbocycles. The largest absolute Gasteiger partial charge is 0.312 e. The van der Waals surface area contributed by atoms with E-state index in [2.05, 4.69) is 38.0 Å². The third kappa shape index (κ3) is 5.53. The van der Waals surface area contributed by atoms with Gasteiger partial charge in [0.1, 0.15) is 0 Å². The van der Waals surface area contributed by atoms with Crippen LogP contribution in [0.1, 0.15) is 52.9 Å². The monoisotopic (exact) mass is 212 g/mol. The van der Waals surface area contributed by atoms with Gasteiger partial charge in [-0.05, 0) is 60.2 Å². The lowest BCUT2D eigenvalue weighted by Crippen LogP contribution is -2.38. The molecule has 0 aliphatic heterocycles. The molecule has 0 heterocycles. The van der Waals surface area contributed by atoms with Gasteiger partial charge in [-0.2, -0.15) is 0 Å². The minimum atomic E-state index is 0.270. The van der Waals surface area contributed by atoms with Gasteiger partial charge >= 0.3 is 0 Å². The third-order valence-corrected chi connectivity index (χ3v) is 3.29. The van der Waals surface area contributed by atoms with Gasteiger partial charge in [-0.25, -0.2) is 0 Å². The number of hydrogen-bond acceptors (Lipinski definition) is 2. The van der Waals surface area contributed by atoms with E-state index in [0.29, 0.717) is 0 Å². The van der Waals surface area contributed by atoms with Crippen LogP contribution in [0, 0.1) is 0 Å². The fraction of sp³-hybridized carbons (Fsp3) is 1.00. The summed E-state index contributed by atoms with van der Waals surface area (Å²) >= 11 is 0. The maximum absolute atomic E-state index is 3.54. The van der Waals surface area contributed by atoms with Gasteiger partial charge in [0.2, 0.25) is 0 Å². The summed E-state index contributed by atoms with van der Waals surface area (Å²) in [6.45, 7) is 9.07. The Labute approximate surface area is 95.4 Å². The van der Waals surface area contributed by atoms with Crippen LogP contribution in [0.25, 0.3) is 0 Å². The molecule has 0 unspecified atom stereocenters. The van der Waals surface area contributed by atoms with Crippen LogP contribution in [0.3, 0.4) is 0 Å². The Morgan fingerprint density at radius 1 is 1.20 bits per heavy atom. The van der Waals surface area contributed by atoms with Crippen molar-refractivity contribution in [2.45, 2.75) is 64.5 Å². The predicted molar refractivity (Wildman–Crippen MR) is 67.3 cm³/mol. The number of nitrogens with zero attached hydrogens (tertiary/aromatic N) is 1. The van der Waals surface area contributed by atoms with Crippen molar-refractivity contribution >= 4 is 0 Å². The highest BCUT2D eigenvalue weighted by Crippen LogP contribution is 2.22. The zero-order valence-corrected chi connectivity index (χ0v) is 11.0. The molecular formula is C13H28N2. The molecule has 0 aromatic rings. The van der Waals surface area contributed by atoms with Crippen molar-refractivity contribution < 1.29 is 0 Å². The van der Waals surface area contributed by atoms with Crippen molar-refractivity contribution in [2.24, 2.45) is 0 Å². The van der Waals surface area contributed by atoms with E-state index in [-0.39, 0.29) is 5.54 Å². The minimum absolute atomic E-state index is 0.270. The predicted octanol–water partition coefficient (Wildman–Crippen LogP) is 2.64. The van der Waals surface area contributed by atoms with Crippen molar-refractivity contribution in [3.8, 4) is 0 Å². The summed E-state index contributed by atoms with van der Waals surface area (Å²) in [6, 6.07) is 0.875. The van der Waals surface area contributed by atoms with Crippen molar-refractivity contribution in [3.05, 3.63) is 0 Å². The van der Waals surface area contributed by atoms with E-state index in [0.717, 1.165) is 12.6 Å². The molecule has 0 aromatic heterocycles. The lowest BCUT2D eigenvalue weighted by atomic mass is 10.1. The van der Waals surface area contributed by atoms with Crippen LogP contribution < -0.4 is 5.32 Å². The van der Waals surface area contributed by atoms with Gasteiger partial charge in [-0.3, -0.25) is 0 Å². The van der Waals surface area contributed by atoms with Gasteiger partial charge < -0.3 is 10.2 Å². The maximum Gasteiger partial charge on any atom is 0.00965 e. The summed E-state index contributed by atoms with van der Waals surface area (Å²) in [4.78, 5) is 2.55. The molecule has 0 saturated heterocycles. The fourth-order valence-electron chi connectivity index (χ4n) is 2.32. The molecule has 0 spiro atoms. The van der Waals surface area contributed by atoms with Gasteiger partial charge in [0.05, 0.1) is 0 Å². The van der Waals surface area contributed by atoms with Crippen molar-refractivity contribution in [3.63, 3.8) is 0 Å². The summed E-state index contributed by atoms with van der Waals surface area (Å²) in [5.74, 6) is 0. The fourth-order valence-corrected chi connectivity index (χ4v) is 2.32. The van der Waals surface area contributed by atoms with Crippen LogP contribution in [0.15, 0.2) is 0 Å². The molecule has 2 heteroatoms. The Balaban J connectivity index is 2.04. The lowest BCUT2D eigenvalue weighted by Gasteiger charge is -2.25. The Kier molecular flexibility index (Phi) is 5.07. The van der Waals surface area contributed by atoms with E-state index >= 15 is 0 Å². The van der Waals surface area contributed by atoms with Crippen LogP contribution in [-0.2, 0) is 0 Å². The minimum Gasteiger partial charge on any atom is -0.312 e. The second-order valence-corrected chi connectivity index (χ2v) is 5.95. The van der Waals surface area contributed by atoms with E-state index in [1.54, 1.807) is 0 Å². The number of hydrogen-bond donors (Lipinski definition) is 1. The Morgan fingerprint density at radius 3 is 2.33 bits per heavy atom. The molecular weight excluding hydrogens is 184 g/mol. The average Bonchev–Trinajstić information content (AvgIpc) is 2.63. The van der Waals surface area contributed by atoms with Crippen LogP contribution >= 0.6 is 0 Å². The highest BCUT2D eigenvalue weighted by atomic mass is 15.1. The summed E-state index contributed by atoms with van der Waals surface area (Å²) in [7, 11) is 2.28. The van der Waals surface area contributed by atoms with Gasteiger partial charge in [0.25, 0.3) is 0 Å². The van der Waals surface area contributed by atoms with Crippen LogP contribution in [-0.4, -0.2) is 36.6 Å². The molecule has 0 aromatic carbocycles. The number of rotatable bonds is 5. The highest BCUT2D eigenvalue weighted by Gasteiger charge is 2.18. The number of nitrogens with one attached hydrogen (secondary N) is 1. The van der Waals surface area contributed by atoms with Crippen molar-refractivity contribution in [1.82, 2.24) is 10.2 Å². The zero-order valence-electron chi connectivity index (χ0n) is 11.0. The van der Waals surface area contributed by atoms with Crippen LogP contribution in [0.5, 0.6) is 0 Å². The van der Waals surface area contributed by atoms with Crippen LogP contribution in [0.4, 0.5) is 0 Å². The smallest absolute Gasteiger partial charge is 0.00965 e. The molecule has 15 heavy (non-hydrogen) atoms. The van der Waals surface area contributed by atoms with Gasteiger partial charge in [0, 0.05) is 11.6 Å². The average molecular weight is 212 g/mol. The molecule has 1 N–H and O–H groups in total. The zero-order chi connectivity index (χ0) is 11.3. The first-order chi connectivity index (χ1) is 6.99. The molecule has 0 atom stereocenters. The normalized spacial score (nSPS) is 19.0. The summed E-state index contributed by atoms with van der Waals surface area (Å²) in [5.41, 5.74) is 0.270. The Bertz CT molecular complexity index is 166. The van der Waals surface area contributed by atoms with E-state index in [1.165, 1.54) is 38.6 Å². The highest BCUT2D eigenvalue weighted by molar-refractivity contribution is 4.76. The molecule has 1 rings (SSSR count). The molecule has 1 fully saturated rings. The second kappa shape index (κ2) is 5.86. The van der Waals surface area contributed by atoms with Crippen molar-refractivity contribution in [2.75, 3.05) is 20.1 Å². The van der Waals surface area contributed by atoms with Gasteiger partial charge in [-0.15, -0.1) is 0 Å². The third-order valence-electron chi connectivity index (χ3n) is 3.29. The SMILES string of the molecule is CN(CCCNC(C)(C)C)C1CCCC1. The second-order valence-electron chi connectivity index (χ2n) is 5.95. The first-order valence-electron chi connectivity index (χ1n) is 6.44. The molecule has 1 aliphatic carbocycles. The molecule has 1 aliphatic rings. The molecule has 0 bridgehead atoms. The van der Waals surface area contributed by atoms with Crippen molar-refractivity contribution in [1.29, 1.82) is 0 Å². The van der Waals surface area contributed by atoms with E-state index < -0.39 is 0 Å². The molecule has 2 nitrogen and oxygen atoms in total. The van der Waals surface area contributed by atoms with E-state index in [9.17, 15) is 0 Å². The molecule has 0 radical (unpaired) electrons. The maximum atomic E-state index is 3.54. The topological polar surface area (TPSA) is 15.3 Å². The quantitative estimate of drug-likeness (QED) is 0.705. The molecule has 90 valence electrons. The first-order valence-corrected chi connectivity index (χ1v) is 6.44. The lowest BCUT2D eigenvalue weighted by molar-refractivity contribution is 0.239.